The van der Waals surface area contributed by atoms with Crippen LogP contribution >= 0.6 is 0 Å². The summed E-state index contributed by atoms with van der Waals surface area (Å²) in [5.74, 6) is -0.285. The number of aryl methyl sites for hydroxylation is 1. The average molecular weight is 458 g/mol. The molecule has 0 saturated heterocycles. The summed E-state index contributed by atoms with van der Waals surface area (Å²) in [5, 5.41) is 9.85. The highest BCUT2D eigenvalue weighted by Crippen LogP contribution is 2.26. The minimum absolute atomic E-state index is 0.253. The van der Waals surface area contributed by atoms with Gasteiger partial charge in [0.15, 0.2) is 5.76 Å². The molecule has 4 rings (SSSR count). The summed E-state index contributed by atoms with van der Waals surface area (Å²) in [6.07, 6.45) is 1.63. The number of hydrogen-bond donors (Lipinski definition) is 2. The van der Waals surface area contributed by atoms with Crippen molar-refractivity contribution < 1.29 is 23.5 Å². The Hall–Kier alpha value is -4.66. The largest absolute Gasteiger partial charge is 0.468 e. The molecule has 0 radical (unpaired) electrons. The van der Waals surface area contributed by atoms with E-state index in [2.05, 4.69) is 20.5 Å². The topological polar surface area (TPSA) is 115 Å². The van der Waals surface area contributed by atoms with Crippen molar-refractivity contribution in [1.82, 2.24) is 15.1 Å². The van der Waals surface area contributed by atoms with Gasteiger partial charge in [0.05, 0.1) is 18.4 Å². The van der Waals surface area contributed by atoms with Crippen molar-refractivity contribution in [3.05, 3.63) is 89.8 Å². The highest BCUT2D eigenvalue weighted by Gasteiger charge is 2.21. The van der Waals surface area contributed by atoms with Crippen molar-refractivity contribution in [1.29, 1.82) is 0 Å². The van der Waals surface area contributed by atoms with E-state index < -0.39 is 17.8 Å². The summed E-state index contributed by atoms with van der Waals surface area (Å²) in [6, 6.07) is 19.4. The molecule has 0 fully saturated rings. The molecule has 0 aliphatic heterocycles. The van der Waals surface area contributed by atoms with Crippen LogP contribution in [0.15, 0.2) is 77.3 Å². The molecule has 0 aliphatic carbocycles. The minimum atomic E-state index is -0.561. The number of para-hydroxylation sites is 1. The lowest BCUT2D eigenvalue weighted by Gasteiger charge is -2.08. The van der Waals surface area contributed by atoms with E-state index >= 15 is 0 Å². The Kier molecular flexibility index (Phi) is 6.54. The summed E-state index contributed by atoms with van der Waals surface area (Å²) in [5.41, 5.74) is 2.17. The van der Waals surface area contributed by atoms with Crippen molar-refractivity contribution >= 4 is 23.5 Å². The Morgan fingerprint density at radius 3 is 2.50 bits per heavy atom. The lowest BCUT2D eigenvalue weighted by atomic mass is 10.1. The van der Waals surface area contributed by atoms with Crippen LogP contribution in [0.2, 0.25) is 0 Å². The number of ether oxygens (including phenoxy) is 1. The van der Waals surface area contributed by atoms with E-state index in [1.165, 1.54) is 13.2 Å². The van der Waals surface area contributed by atoms with Crippen LogP contribution in [0.25, 0.3) is 17.1 Å². The maximum absolute atomic E-state index is 13.2. The SMILES string of the molecule is COC(=O)CNC(=O)c1cccc(NC(=O)c2cn(-c3ccccc3)nc2-c2ccc(C)o2)c1. The molecule has 2 heterocycles. The van der Waals surface area contributed by atoms with Crippen molar-refractivity contribution in [2.24, 2.45) is 0 Å². The number of anilines is 1. The molecule has 0 aliphatic rings. The van der Waals surface area contributed by atoms with Gasteiger partial charge >= 0.3 is 5.97 Å². The van der Waals surface area contributed by atoms with Gasteiger partial charge in [-0.25, -0.2) is 4.68 Å². The number of carbonyl (C=O) groups is 3. The van der Waals surface area contributed by atoms with Gasteiger partial charge in [-0.15, -0.1) is 0 Å². The molecule has 2 aromatic heterocycles. The normalized spacial score (nSPS) is 10.5. The Bertz CT molecular complexity index is 1340. The number of rotatable bonds is 7. The first-order valence-electron chi connectivity index (χ1n) is 10.4. The molecular weight excluding hydrogens is 436 g/mol. The van der Waals surface area contributed by atoms with Crippen molar-refractivity contribution in [2.75, 3.05) is 19.0 Å². The van der Waals surface area contributed by atoms with Crippen molar-refractivity contribution in [3.8, 4) is 17.1 Å². The smallest absolute Gasteiger partial charge is 0.325 e. The quantitative estimate of drug-likeness (QED) is 0.409. The molecule has 0 unspecified atom stereocenters. The molecule has 0 spiro atoms. The molecule has 9 nitrogen and oxygen atoms in total. The number of hydrogen-bond acceptors (Lipinski definition) is 6. The van der Waals surface area contributed by atoms with Gasteiger partial charge in [0, 0.05) is 17.4 Å². The first kappa shape index (κ1) is 22.5. The number of nitrogens with zero attached hydrogens (tertiary/aromatic N) is 2. The third-order valence-electron chi connectivity index (χ3n) is 4.96. The van der Waals surface area contributed by atoms with Crippen LogP contribution in [0.4, 0.5) is 5.69 Å². The zero-order valence-electron chi connectivity index (χ0n) is 18.6. The fourth-order valence-electron chi connectivity index (χ4n) is 3.26. The number of carbonyl (C=O) groups excluding carboxylic acids is 3. The molecule has 172 valence electrons. The average Bonchev–Trinajstić information content (AvgIpc) is 3.49. The monoisotopic (exact) mass is 458 g/mol. The second-order valence-electron chi connectivity index (χ2n) is 7.38. The fraction of sp³-hybridized carbons (Fsp3) is 0.120. The van der Waals surface area contributed by atoms with E-state index in [1.54, 1.807) is 41.2 Å². The Labute approximate surface area is 195 Å². The summed E-state index contributed by atoms with van der Waals surface area (Å²) in [6.45, 7) is 1.56. The first-order chi connectivity index (χ1) is 16.4. The maximum atomic E-state index is 13.2. The third-order valence-corrected chi connectivity index (χ3v) is 4.96. The van der Waals surface area contributed by atoms with E-state index in [9.17, 15) is 14.4 Å². The van der Waals surface area contributed by atoms with Crippen molar-refractivity contribution in [3.63, 3.8) is 0 Å². The van der Waals surface area contributed by atoms with E-state index in [4.69, 9.17) is 4.42 Å². The zero-order valence-corrected chi connectivity index (χ0v) is 18.6. The van der Waals surface area contributed by atoms with Gasteiger partial charge in [0.1, 0.15) is 18.0 Å². The second kappa shape index (κ2) is 9.86. The van der Waals surface area contributed by atoms with Gasteiger partial charge in [-0.2, -0.15) is 5.10 Å². The van der Waals surface area contributed by atoms with Crippen LogP contribution in [0.1, 0.15) is 26.5 Å². The number of nitrogens with one attached hydrogen (secondary N) is 2. The van der Waals surface area contributed by atoms with E-state index in [0.717, 1.165) is 5.69 Å². The van der Waals surface area contributed by atoms with Gasteiger partial charge < -0.3 is 19.8 Å². The maximum Gasteiger partial charge on any atom is 0.325 e. The van der Waals surface area contributed by atoms with Crippen LogP contribution in [-0.2, 0) is 9.53 Å². The number of furan rings is 1. The fourth-order valence-corrected chi connectivity index (χ4v) is 3.26. The molecule has 4 aromatic rings. The minimum Gasteiger partial charge on any atom is -0.468 e. The predicted octanol–water partition coefficient (Wildman–Crippen LogP) is 3.60. The lowest BCUT2D eigenvalue weighted by Crippen LogP contribution is -2.30. The van der Waals surface area contributed by atoms with Gasteiger partial charge in [-0.1, -0.05) is 24.3 Å². The lowest BCUT2D eigenvalue weighted by molar-refractivity contribution is -0.139. The van der Waals surface area contributed by atoms with Crippen molar-refractivity contribution in [2.45, 2.75) is 6.92 Å². The van der Waals surface area contributed by atoms with Crippen LogP contribution in [0.5, 0.6) is 0 Å². The number of benzene rings is 2. The summed E-state index contributed by atoms with van der Waals surface area (Å²) in [7, 11) is 1.24. The van der Waals surface area contributed by atoms with Crippen LogP contribution in [0, 0.1) is 6.92 Å². The third kappa shape index (κ3) is 5.04. The van der Waals surface area contributed by atoms with Gasteiger partial charge in [0.2, 0.25) is 0 Å². The van der Waals surface area contributed by atoms with E-state index in [-0.39, 0.29) is 12.1 Å². The van der Waals surface area contributed by atoms with E-state index in [1.807, 2.05) is 37.3 Å². The Morgan fingerprint density at radius 2 is 1.79 bits per heavy atom. The number of aromatic nitrogens is 2. The summed E-state index contributed by atoms with van der Waals surface area (Å²) >= 11 is 0. The highest BCUT2D eigenvalue weighted by atomic mass is 16.5. The Balaban J connectivity index is 1.60. The second-order valence-corrected chi connectivity index (χ2v) is 7.38. The summed E-state index contributed by atoms with van der Waals surface area (Å²) < 4.78 is 11.8. The standard InChI is InChI=1S/C25H22N4O5/c1-16-11-12-21(34-16)23-20(15-29(28-23)19-9-4-3-5-10-19)25(32)27-18-8-6-7-17(13-18)24(31)26-14-22(30)33-2/h3-13,15H,14H2,1-2H3,(H,26,31)(H,27,32). The molecule has 0 saturated carbocycles. The van der Waals surface area contributed by atoms with Crippen LogP contribution < -0.4 is 10.6 Å². The molecular formula is C25H22N4O5. The summed E-state index contributed by atoms with van der Waals surface area (Å²) in [4.78, 5) is 36.8. The molecule has 2 aromatic carbocycles. The first-order valence-corrected chi connectivity index (χ1v) is 10.4. The van der Waals surface area contributed by atoms with E-state index in [0.29, 0.717) is 28.5 Å². The molecule has 34 heavy (non-hydrogen) atoms. The predicted molar refractivity (Wildman–Crippen MR) is 125 cm³/mol. The molecule has 0 bridgehead atoms. The number of esters is 1. The van der Waals surface area contributed by atoms with Gasteiger partial charge in [-0.3, -0.25) is 14.4 Å². The van der Waals surface area contributed by atoms with Crippen LogP contribution in [0.3, 0.4) is 0 Å². The van der Waals surface area contributed by atoms with Crippen LogP contribution in [-0.4, -0.2) is 41.2 Å². The van der Waals surface area contributed by atoms with Gasteiger partial charge in [0.25, 0.3) is 11.8 Å². The molecule has 2 amide bonds. The molecule has 9 heteroatoms. The Morgan fingerprint density at radius 1 is 1.00 bits per heavy atom. The highest BCUT2D eigenvalue weighted by molar-refractivity contribution is 6.08. The number of amides is 2. The van der Waals surface area contributed by atoms with Gasteiger partial charge in [-0.05, 0) is 49.4 Å². The number of methoxy groups -OCH3 is 1. The zero-order chi connectivity index (χ0) is 24.1. The molecule has 2 N–H and O–H groups in total. The molecule has 0 atom stereocenters.